The number of nitrogens with one attached hydrogen (secondary N) is 1. The van der Waals surface area contributed by atoms with Gasteiger partial charge in [0.05, 0.1) is 11.9 Å². The summed E-state index contributed by atoms with van der Waals surface area (Å²) < 4.78 is 1.71. The number of likely N-dealkylation sites (N-methyl/N-ethyl adjacent to an activating group) is 1. The summed E-state index contributed by atoms with van der Waals surface area (Å²) in [5.41, 5.74) is 3.37. The molecule has 1 N–H and O–H groups in total. The van der Waals surface area contributed by atoms with Crippen molar-refractivity contribution >= 4 is 23.2 Å². The molecule has 1 aromatic carbocycles. The first-order valence-electron chi connectivity index (χ1n) is 10.1. The molecule has 1 saturated heterocycles. The minimum Gasteiger partial charge on any atom is -0.370 e. The Morgan fingerprint density at radius 3 is 2.72 bits per heavy atom. The summed E-state index contributed by atoms with van der Waals surface area (Å²) in [7, 11) is 3.62. The molecule has 156 valence electrons. The van der Waals surface area contributed by atoms with Crippen molar-refractivity contribution in [3.63, 3.8) is 0 Å². The van der Waals surface area contributed by atoms with Crippen LogP contribution in [-0.2, 0) is 11.8 Å². The van der Waals surface area contributed by atoms with E-state index in [1.165, 1.54) is 11.3 Å². The second-order valence-electron chi connectivity index (χ2n) is 7.18. The summed E-state index contributed by atoms with van der Waals surface area (Å²) in [6.07, 6.45) is 3.59. The Kier molecular flexibility index (Phi) is 6.74. The second-order valence-corrected chi connectivity index (χ2v) is 7.18. The standard InChI is InChI=1S/C21H31N7O/c1-5-26(19-9-7-6-8-17(19)2)11-10-23-21(22-3)27-12-13-28(20(29)16-27)18-14-24-25(4)15-18/h6-9,14-15H,5,10-13,16H2,1-4H3,(H,22,23). The lowest BCUT2D eigenvalue weighted by atomic mass is 10.2. The molecule has 3 rings (SSSR count). The number of para-hydroxylation sites is 1. The Balaban J connectivity index is 1.54. The number of guanidine groups is 1. The Morgan fingerprint density at radius 2 is 2.10 bits per heavy atom. The molecule has 0 radical (unpaired) electrons. The zero-order valence-electron chi connectivity index (χ0n) is 17.8. The van der Waals surface area contributed by atoms with Gasteiger partial charge in [-0.2, -0.15) is 5.10 Å². The molecule has 1 aliphatic heterocycles. The van der Waals surface area contributed by atoms with Crippen LogP contribution in [0.1, 0.15) is 12.5 Å². The zero-order chi connectivity index (χ0) is 20.8. The smallest absolute Gasteiger partial charge is 0.246 e. The monoisotopic (exact) mass is 397 g/mol. The number of carbonyl (C=O) groups is 1. The lowest BCUT2D eigenvalue weighted by molar-refractivity contribution is -0.120. The van der Waals surface area contributed by atoms with Gasteiger partial charge in [-0.25, -0.2) is 0 Å². The van der Waals surface area contributed by atoms with E-state index < -0.39 is 0 Å². The van der Waals surface area contributed by atoms with Gasteiger partial charge in [0.15, 0.2) is 5.96 Å². The molecule has 1 aliphatic rings. The topological polar surface area (TPSA) is 69.0 Å². The number of amides is 1. The lowest BCUT2D eigenvalue weighted by Crippen LogP contribution is -2.56. The molecule has 0 atom stereocenters. The molecule has 0 aliphatic carbocycles. The Labute approximate surface area is 172 Å². The van der Waals surface area contributed by atoms with Crippen molar-refractivity contribution < 1.29 is 4.79 Å². The number of rotatable bonds is 6. The molecule has 2 heterocycles. The van der Waals surface area contributed by atoms with Crippen LogP contribution in [0.2, 0.25) is 0 Å². The summed E-state index contributed by atoms with van der Waals surface area (Å²) in [5.74, 6) is 0.826. The van der Waals surface area contributed by atoms with E-state index in [0.29, 0.717) is 13.1 Å². The molecular weight excluding hydrogens is 366 g/mol. The average molecular weight is 398 g/mol. The van der Waals surface area contributed by atoms with Gasteiger partial charge in [-0.15, -0.1) is 0 Å². The third-order valence-corrected chi connectivity index (χ3v) is 5.24. The maximum Gasteiger partial charge on any atom is 0.246 e. The number of carbonyl (C=O) groups excluding carboxylic acids is 1. The SMILES string of the molecule is CCN(CCNC(=NC)N1CCN(c2cnn(C)c2)C(=O)C1)c1ccccc1C. The summed E-state index contributed by atoms with van der Waals surface area (Å²) >= 11 is 0. The van der Waals surface area contributed by atoms with Crippen LogP contribution in [0.5, 0.6) is 0 Å². The number of hydrogen-bond acceptors (Lipinski definition) is 4. The van der Waals surface area contributed by atoms with Gasteiger partial charge in [0.2, 0.25) is 5.91 Å². The number of nitrogens with zero attached hydrogens (tertiary/aromatic N) is 6. The van der Waals surface area contributed by atoms with Gasteiger partial charge in [0.25, 0.3) is 0 Å². The van der Waals surface area contributed by atoms with Crippen LogP contribution < -0.4 is 15.1 Å². The molecule has 0 saturated carbocycles. The number of benzene rings is 1. The van der Waals surface area contributed by atoms with Crippen molar-refractivity contribution in [1.29, 1.82) is 0 Å². The van der Waals surface area contributed by atoms with Gasteiger partial charge >= 0.3 is 0 Å². The fourth-order valence-electron chi connectivity index (χ4n) is 3.68. The van der Waals surface area contributed by atoms with Crippen molar-refractivity contribution in [2.45, 2.75) is 13.8 Å². The largest absolute Gasteiger partial charge is 0.370 e. The number of hydrogen-bond donors (Lipinski definition) is 1. The zero-order valence-corrected chi connectivity index (χ0v) is 17.8. The van der Waals surface area contributed by atoms with Gasteiger partial charge < -0.3 is 20.0 Å². The lowest BCUT2D eigenvalue weighted by Gasteiger charge is -2.35. The average Bonchev–Trinajstić information content (AvgIpc) is 3.15. The van der Waals surface area contributed by atoms with Gasteiger partial charge in [-0.1, -0.05) is 18.2 Å². The molecular formula is C21H31N7O. The molecule has 0 spiro atoms. The summed E-state index contributed by atoms with van der Waals surface area (Å²) in [5, 5.41) is 7.58. The number of anilines is 2. The highest BCUT2D eigenvalue weighted by atomic mass is 16.2. The normalized spacial score (nSPS) is 15.0. The Hall–Kier alpha value is -3.03. The first-order valence-corrected chi connectivity index (χ1v) is 10.1. The number of aliphatic imine (C=N–C) groups is 1. The van der Waals surface area contributed by atoms with Crippen molar-refractivity contribution in [1.82, 2.24) is 20.0 Å². The summed E-state index contributed by atoms with van der Waals surface area (Å²) in [6, 6.07) is 8.43. The molecule has 2 aromatic rings. The second kappa shape index (κ2) is 9.45. The maximum atomic E-state index is 12.6. The van der Waals surface area contributed by atoms with Crippen LogP contribution in [0.25, 0.3) is 0 Å². The highest BCUT2D eigenvalue weighted by Crippen LogP contribution is 2.19. The maximum absolute atomic E-state index is 12.6. The minimum atomic E-state index is 0.0577. The van der Waals surface area contributed by atoms with E-state index in [4.69, 9.17) is 0 Å². The Morgan fingerprint density at radius 1 is 1.31 bits per heavy atom. The molecule has 0 unspecified atom stereocenters. The molecule has 29 heavy (non-hydrogen) atoms. The first-order chi connectivity index (χ1) is 14.0. The van der Waals surface area contributed by atoms with Crippen LogP contribution in [0.4, 0.5) is 11.4 Å². The van der Waals surface area contributed by atoms with Crippen LogP contribution in [0.15, 0.2) is 41.7 Å². The first kappa shape index (κ1) is 20.7. The Bertz CT molecular complexity index is 860. The van der Waals surface area contributed by atoms with Crippen LogP contribution in [-0.4, -0.2) is 72.9 Å². The van der Waals surface area contributed by atoms with Crippen molar-refractivity contribution in [3.8, 4) is 0 Å². The van der Waals surface area contributed by atoms with E-state index in [0.717, 1.165) is 37.8 Å². The minimum absolute atomic E-state index is 0.0577. The van der Waals surface area contributed by atoms with Crippen LogP contribution in [0, 0.1) is 6.92 Å². The van der Waals surface area contributed by atoms with Crippen LogP contribution in [0.3, 0.4) is 0 Å². The third kappa shape index (κ3) is 4.88. The highest BCUT2D eigenvalue weighted by molar-refractivity contribution is 5.98. The fraction of sp³-hybridized carbons (Fsp3) is 0.476. The van der Waals surface area contributed by atoms with Crippen molar-refractivity contribution in [2.24, 2.45) is 12.0 Å². The van der Waals surface area contributed by atoms with E-state index in [2.05, 4.69) is 58.4 Å². The van der Waals surface area contributed by atoms with E-state index in [9.17, 15) is 4.79 Å². The van der Waals surface area contributed by atoms with E-state index in [1.807, 2.05) is 18.1 Å². The molecule has 1 aromatic heterocycles. The summed E-state index contributed by atoms with van der Waals surface area (Å²) in [6.45, 7) is 8.52. The van der Waals surface area contributed by atoms with Gasteiger partial charge in [0, 0.05) is 58.7 Å². The summed E-state index contributed by atoms with van der Waals surface area (Å²) in [4.78, 5) is 23.2. The number of aromatic nitrogens is 2. The van der Waals surface area contributed by atoms with Crippen molar-refractivity contribution in [3.05, 3.63) is 42.2 Å². The molecule has 8 heteroatoms. The quantitative estimate of drug-likeness (QED) is 0.591. The fourth-order valence-corrected chi connectivity index (χ4v) is 3.68. The molecule has 1 amide bonds. The predicted octanol–water partition coefficient (Wildman–Crippen LogP) is 1.48. The van der Waals surface area contributed by atoms with Gasteiger partial charge in [-0.3, -0.25) is 14.5 Å². The van der Waals surface area contributed by atoms with Gasteiger partial charge in [-0.05, 0) is 25.5 Å². The highest BCUT2D eigenvalue weighted by Gasteiger charge is 2.27. The van der Waals surface area contributed by atoms with E-state index in [-0.39, 0.29) is 5.91 Å². The third-order valence-electron chi connectivity index (χ3n) is 5.24. The van der Waals surface area contributed by atoms with Gasteiger partial charge in [0.1, 0.15) is 6.54 Å². The van der Waals surface area contributed by atoms with Crippen molar-refractivity contribution in [2.75, 3.05) is 56.1 Å². The van der Waals surface area contributed by atoms with E-state index >= 15 is 0 Å². The molecule has 8 nitrogen and oxygen atoms in total. The number of piperazine rings is 1. The van der Waals surface area contributed by atoms with E-state index in [1.54, 1.807) is 22.8 Å². The predicted molar refractivity (Wildman–Crippen MR) is 118 cm³/mol. The molecule has 0 bridgehead atoms. The molecule has 1 fully saturated rings. The number of aryl methyl sites for hydroxylation is 2. The van der Waals surface area contributed by atoms with Crippen LogP contribution >= 0.6 is 0 Å².